The maximum Gasteiger partial charge on any atom is 0.228 e. The fourth-order valence-corrected chi connectivity index (χ4v) is 3.66. The van der Waals surface area contributed by atoms with Crippen LogP contribution in [0.5, 0.6) is 0 Å². The van der Waals surface area contributed by atoms with Crippen molar-refractivity contribution < 1.29 is 14.4 Å². The lowest BCUT2D eigenvalue weighted by atomic mass is 9.98. The number of hydrogen-bond donors (Lipinski definition) is 2. The molecule has 0 saturated heterocycles. The van der Waals surface area contributed by atoms with Crippen LogP contribution in [-0.2, 0) is 28.9 Å². The van der Waals surface area contributed by atoms with Gasteiger partial charge in [0.1, 0.15) is 0 Å². The Morgan fingerprint density at radius 3 is 2.08 bits per heavy atom. The molecule has 2 N–H and O–H groups in total. The molecule has 2 aliphatic heterocycles. The first-order valence-corrected chi connectivity index (χ1v) is 8.43. The third-order valence-electron chi connectivity index (χ3n) is 4.37. The number of Topliss-reactive ketones (excluding diaryl/α,β-unsaturated/α-hetero) is 1. The zero-order valence-corrected chi connectivity index (χ0v) is 14.4. The van der Waals surface area contributed by atoms with Gasteiger partial charge >= 0.3 is 0 Å². The van der Waals surface area contributed by atoms with E-state index in [1.165, 1.54) is 0 Å². The Balaban J connectivity index is 1.64. The third-order valence-corrected chi connectivity index (χ3v) is 5.03. The minimum Gasteiger partial charge on any atom is -0.325 e. The van der Waals surface area contributed by atoms with Crippen molar-refractivity contribution in [3.05, 3.63) is 56.6 Å². The molecule has 25 heavy (non-hydrogen) atoms. The van der Waals surface area contributed by atoms with Crippen LogP contribution in [0.3, 0.4) is 0 Å². The molecule has 2 aromatic carbocycles. The normalized spacial score (nSPS) is 14.8. The van der Waals surface area contributed by atoms with E-state index in [2.05, 4.69) is 10.6 Å². The number of carbonyl (C=O) groups excluding carboxylic acids is 3. The molecule has 0 aromatic heterocycles. The summed E-state index contributed by atoms with van der Waals surface area (Å²) < 4.78 is 0. The molecular weight excluding hydrogens is 363 g/mol. The molecule has 5 nitrogen and oxygen atoms in total. The Labute approximate surface area is 153 Å². The lowest BCUT2D eigenvalue weighted by Gasteiger charge is -2.09. The lowest BCUT2D eigenvalue weighted by Crippen LogP contribution is -2.06. The van der Waals surface area contributed by atoms with Crippen LogP contribution in [0.1, 0.15) is 27.0 Å². The number of anilines is 2. The van der Waals surface area contributed by atoms with Gasteiger partial charge in [-0.2, -0.15) is 0 Å². The van der Waals surface area contributed by atoms with Gasteiger partial charge < -0.3 is 10.6 Å². The molecule has 0 unspecified atom stereocenters. The molecular formula is C18H12Cl2N2O3. The van der Waals surface area contributed by atoms with E-state index in [1.54, 1.807) is 24.3 Å². The Bertz CT molecular complexity index is 969. The first-order chi connectivity index (χ1) is 11.9. The van der Waals surface area contributed by atoms with Gasteiger partial charge in [-0.25, -0.2) is 0 Å². The Hall–Kier alpha value is -2.37. The second-order valence-electron chi connectivity index (χ2n) is 6.14. The maximum absolute atomic E-state index is 12.7. The van der Waals surface area contributed by atoms with E-state index in [9.17, 15) is 14.4 Å². The van der Waals surface area contributed by atoms with E-state index in [0.29, 0.717) is 32.5 Å². The van der Waals surface area contributed by atoms with Gasteiger partial charge in [-0.15, -0.1) is 0 Å². The molecule has 0 bridgehead atoms. The van der Waals surface area contributed by atoms with E-state index < -0.39 is 0 Å². The fraction of sp³-hybridized carbons (Fsp3) is 0.167. The van der Waals surface area contributed by atoms with Gasteiger partial charge in [-0.3, -0.25) is 14.4 Å². The van der Waals surface area contributed by atoms with Crippen molar-refractivity contribution in [1.82, 2.24) is 0 Å². The summed E-state index contributed by atoms with van der Waals surface area (Å²) in [6, 6.07) is 6.70. The standard InChI is InChI=1S/C18H12Cl2N2O3/c19-12-6-14-9(4-17(24)21-14)1-8(12)3-16(23)11-2-10-5-18(25)22-15(10)7-13(11)20/h1-2,6-7H,3-5H2,(H,21,24)(H,22,25). The molecule has 2 heterocycles. The highest BCUT2D eigenvalue weighted by molar-refractivity contribution is 6.35. The number of benzene rings is 2. The quantitative estimate of drug-likeness (QED) is 0.808. The molecule has 7 heteroatoms. The van der Waals surface area contributed by atoms with Crippen LogP contribution >= 0.6 is 23.2 Å². The van der Waals surface area contributed by atoms with Gasteiger partial charge in [0.15, 0.2) is 5.78 Å². The number of nitrogens with one attached hydrogen (secondary N) is 2. The molecule has 0 atom stereocenters. The van der Waals surface area contributed by atoms with Gasteiger partial charge in [0.05, 0.1) is 17.9 Å². The van der Waals surface area contributed by atoms with Crippen molar-refractivity contribution in [2.24, 2.45) is 0 Å². The highest BCUT2D eigenvalue weighted by atomic mass is 35.5. The summed E-state index contributed by atoms with van der Waals surface area (Å²) in [6.07, 6.45) is 0.585. The second-order valence-corrected chi connectivity index (χ2v) is 6.95. The van der Waals surface area contributed by atoms with Crippen LogP contribution in [0.2, 0.25) is 10.0 Å². The third kappa shape index (κ3) is 2.90. The summed E-state index contributed by atoms with van der Waals surface area (Å²) in [5.74, 6) is -0.394. The van der Waals surface area contributed by atoms with E-state index in [1.807, 2.05) is 0 Å². The summed E-state index contributed by atoms with van der Waals surface area (Å²) in [5.41, 5.74) is 3.92. The van der Waals surface area contributed by atoms with Crippen molar-refractivity contribution >= 4 is 52.2 Å². The van der Waals surface area contributed by atoms with Crippen molar-refractivity contribution in [2.75, 3.05) is 10.6 Å². The average Bonchev–Trinajstić information content (AvgIpc) is 3.06. The summed E-state index contributed by atoms with van der Waals surface area (Å²) in [7, 11) is 0. The molecule has 4 rings (SSSR count). The highest BCUT2D eigenvalue weighted by Gasteiger charge is 2.24. The fourth-order valence-electron chi connectivity index (χ4n) is 3.16. The number of amides is 2. The van der Waals surface area contributed by atoms with E-state index in [0.717, 1.165) is 11.1 Å². The molecule has 0 radical (unpaired) electrons. The topological polar surface area (TPSA) is 75.3 Å². The number of fused-ring (bicyclic) bond motifs is 2. The highest BCUT2D eigenvalue weighted by Crippen LogP contribution is 2.33. The average molecular weight is 375 g/mol. The van der Waals surface area contributed by atoms with E-state index in [4.69, 9.17) is 23.2 Å². The minimum absolute atomic E-state index is 0.0696. The number of ketones is 1. The lowest BCUT2D eigenvalue weighted by molar-refractivity contribution is -0.115. The van der Waals surface area contributed by atoms with Crippen molar-refractivity contribution in [1.29, 1.82) is 0 Å². The molecule has 2 aliphatic rings. The summed E-state index contributed by atoms with van der Waals surface area (Å²) in [6.45, 7) is 0. The number of hydrogen-bond acceptors (Lipinski definition) is 3. The smallest absolute Gasteiger partial charge is 0.228 e. The van der Waals surface area contributed by atoms with E-state index in [-0.39, 0.29) is 36.9 Å². The van der Waals surface area contributed by atoms with Crippen LogP contribution in [0.4, 0.5) is 11.4 Å². The predicted molar refractivity (Wildman–Crippen MR) is 95.6 cm³/mol. The molecule has 0 aliphatic carbocycles. The SMILES string of the molecule is O=C1Cc2cc(CC(=O)c3cc4c(cc3Cl)NC(=O)C4)c(Cl)cc2N1. The van der Waals surface area contributed by atoms with Gasteiger partial charge in [0.25, 0.3) is 0 Å². The largest absolute Gasteiger partial charge is 0.325 e. The number of halogens is 2. The zero-order valence-electron chi connectivity index (χ0n) is 12.9. The molecule has 126 valence electrons. The monoisotopic (exact) mass is 374 g/mol. The Morgan fingerprint density at radius 1 is 0.880 bits per heavy atom. The van der Waals surface area contributed by atoms with Crippen LogP contribution in [0.15, 0.2) is 24.3 Å². The number of carbonyl (C=O) groups is 3. The molecule has 0 saturated carbocycles. The summed E-state index contributed by atoms with van der Waals surface area (Å²) >= 11 is 12.5. The van der Waals surface area contributed by atoms with Crippen molar-refractivity contribution in [3.63, 3.8) is 0 Å². The van der Waals surface area contributed by atoms with Crippen LogP contribution in [-0.4, -0.2) is 17.6 Å². The van der Waals surface area contributed by atoms with Gasteiger partial charge in [-0.05, 0) is 34.9 Å². The van der Waals surface area contributed by atoms with Crippen molar-refractivity contribution in [2.45, 2.75) is 19.3 Å². The predicted octanol–water partition coefficient (Wildman–Crippen LogP) is 3.41. The second kappa shape index (κ2) is 5.86. The summed E-state index contributed by atoms with van der Waals surface area (Å²) in [5, 5.41) is 6.14. The van der Waals surface area contributed by atoms with Crippen molar-refractivity contribution in [3.8, 4) is 0 Å². The van der Waals surface area contributed by atoms with Gasteiger partial charge in [0, 0.05) is 28.4 Å². The van der Waals surface area contributed by atoms with Gasteiger partial charge in [0.2, 0.25) is 11.8 Å². The van der Waals surface area contributed by atoms with Crippen LogP contribution < -0.4 is 10.6 Å². The first-order valence-electron chi connectivity index (χ1n) is 7.67. The van der Waals surface area contributed by atoms with Gasteiger partial charge in [-0.1, -0.05) is 29.3 Å². The molecule has 2 aromatic rings. The van der Waals surface area contributed by atoms with Crippen LogP contribution in [0.25, 0.3) is 0 Å². The first kappa shape index (κ1) is 16.1. The zero-order chi connectivity index (χ0) is 17.7. The maximum atomic E-state index is 12.7. The molecule has 0 spiro atoms. The minimum atomic E-state index is -0.189. The number of rotatable bonds is 3. The van der Waals surface area contributed by atoms with E-state index >= 15 is 0 Å². The Morgan fingerprint density at radius 2 is 1.44 bits per heavy atom. The summed E-state index contributed by atoms with van der Waals surface area (Å²) in [4.78, 5) is 35.6. The van der Waals surface area contributed by atoms with Crippen LogP contribution in [0, 0.1) is 0 Å². The molecule has 2 amide bonds. The molecule has 0 fully saturated rings. The Kier molecular flexibility index (Phi) is 3.78.